The van der Waals surface area contributed by atoms with Gasteiger partial charge in [0.05, 0.1) is 37.1 Å². The van der Waals surface area contributed by atoms with E-state index < -0.39 is 6.04 Å². The molecule has 0 fully saturated rings. The van der Waals surface area contributed by atoms with Crippen LogP contribution in [0.5, 0.6) is 23.0 Å². The molecule has 10 nitrogen and oxygen atoms in total. The van der Waals surface area contributed by atoms with Crippen molar-refractivity contribution in [1.29, 1.82) is 0 Å². The first kappa shape index (κ1) is 29.1. The number of hydrogen-bond acceptors (Lipinski definition) is 8. The number of carbonyl (C=O) groups is 1. The van der Waals surface area contributed by atoms with Gasteiger partial charge in [-0.05, 0) is 37.6 Å². The highest BCUT2D eigenvalue weighted by Gasteiger charge is 2.34. The molecule has 1 atom stereocenters. The van der Waals surface area contributed by atoms with Crippen LogP contribution >= 0.6 is 23.2 Å². The van der Waals surface area contributed by atoms with E-state index >= 15 is 0 Å². The monoisotopic (exact) mass is 609 g/mol. The van der Waals surface area contributed by atoms with Crippen LogP contribution in [-0.4, -0.2) is 41.5 Å². The number of allylic oxidation sites excluding steroid dienone is 1. The van der Waals surface area contributed by atoms with Crippen LogP contribution in [-0.2, 0) is 11.4 Å². The molecule has 1 aliphatic heterocycles. The van der Waals surface area contributed by atoms with E-state index in [1.54, 1.807) is 16.8 Å². The van der Waals surface area contributed by atoms with Crippen molar-refractivity contribution in [3.05, 3.63) is 93.4 Å². The van der Waals surface area contributed by atoms with E-state index in [4.69, 9.17) is 42.1 Å². The summed E-state index contributed by atoms with van der Waals surface area (Å²) in [4.78, 5) is 18.3. The molecule has 0 spiro atoms. The van der Waals surface area contributed by atoms with Crippen molar-refractivity contribution in [2.24, 2.45) is 0 Å². The number of anilines is 2. The van der Waals surface area contributed by atoms with Crippen LogP contribution in [0.15, 0.2) is 72.2 Å². The maximum Gasteiger partial charge on any atom is 0.255 e. The number of ether oxygens (including phenoxy) is 4. The standard InChI is InChI=1S/C30H29Cl2N5O5/c1-5-41-26-12-18(10-11-23(26)42-15-19-8-6-7-9-20(19)31)28-27(17(2)35-30-33-16-34-37(28)30)29(38)36-22-14-24(39-3)21(32)13-25(22)40-4/h6-14,16,28H,5,15H2,1-4H3,(H,36,38)(H,33,34,35)/t28-/m0/s1. The summed E-state index contributed by atoms with van der Waals surface area (Å²) in [5.74, 6) is 1.95. The minimum absolute atomic E-state index is 0.263. The molecule has 218 valence electrons. The maximum atomic E-state index is 13.9. The molecule has 1 aromatic heterocycles. The fraction of sp³-hybridized carbons (Fsp3) is 0.233. The number of carbonyl (C=O) groups excluding carboxylic acids is 1. The van der Waals surface area contributed by atoms with E-state index in [0.717, 1.165) is 11.1 Å². The molecule has 42 heavy (non-hydrogen) atoms. The van der Waals surface area contributed by atoms with Gasteiger partial charge in [-0.2, -0.15) is 10.1 Å². The van der Waals surface area contributed by atoms with Crippen molar-refractivity contribution >= 4 is 40.7 Å². The van der Waals surface area contributed by atoms with E-state index in [2.05, 4.69) is 20.7 Å². The molecule has 1 amide bonds. The van der Waals surface area contributed by atoms with E-state index in [9.17, 15) is 4.79 Å². The SMILES string of the molecule is CCOc1cc([C@H]2C(C(=O)Nc3cc(OC)c(Cl)cc3OC)=C(C)Nc3ncnn32)ccc1OCc1ccccc1Cl. The Morgan fingerprint density at radius 1 is 0.976 bits per heavy atom. The van der Waals surface area contributed by atoms with Crippen LogP contribution in [0.1, 0.15) is 31.0 Å². The van der Waals surface area contributed by atoms with E-state index in [1.165, 1.54) is 20.5 Å². The lowest BCUT2D eigenvalue weighted by atomic mass is 9.94. The lowest BCUT2D eigenvalue weighted by Crippen LogP contribution is -2.31. The number of benzene rings is 3. The molecule has 0 aliphatic carbocycles. The molecule has 5 rings (SSSR count). The van der Waals surface area contributed by atoms with Crippen LogP contribution in [0.3, 0.4) is 0 Å². The van der Waals surface area contributed by atoms with Gasteiger partial charge in [-0.3, -0.25) is 4.79 Å². The highest BCUT2D eigenvalue weighted by Crippen LogP contribution is 2.41. The molecule has 0 radical (unpaired) electrons. The van der Waals surface area contributed by atoms with Crippen molar-refractivity contribution in [2.75, 3.05) is 31.5 Å². The quantitative estimate of drug-likeness (QED) is 0.209. The first-order chi connectivity index (χ1) is 20.3. The molecule has 0 bridgehead atoms. The smallest absolute Gasteiger partial charge is 0.255 e. The van der Waals surface area contributed by atoms with Crippen molar-refractivity contribution in [2.45, 2.75) is 26.5 Å². The average Bonchev–Trinajstić information content (AvgIpc) is 3.45. The number of nitrogens with zero attached hydrogens (tertiary/aromatic N) is 3. The number of rotatable bonds is 10. The molecule has 2 N–H and O–H groups in total. The number of aromatic nitrogens is 3. The van der Waals surface area contributed by atoms with Crippen LogP contribution < -0.4 is 29.6 Å². The largest absolute Gasteiger partial charge is 0.495 e. The Morgan fingerprint density at radius 2 is 1.76 bits per heavy atom. The van der Waals surface area contributed by atoms with Gasteiger partial charge in [0.15, 0.2) is 11.5 Å². The van der Waals surface area contributed by atoms with E-state index in [-0.39, 0.29) is 12.5 Å². The molecular weight excluding hydrogens is 581 g/mol. The summed E-state index contributed by atoms with van der Waals surface area (Å²) in [6.45, 7) is 4.37. The Bertz CT molecular complexity index is 1660. The molecule has 2 heterocycles. The zero-order valence-electron chi connectivity index (χ0n) is 23.4. The number of methoxy groups -OCH3 is 2. The number of nitrogens with one attached hydrogen (secondary N) is 2. The summed E-state index contributed by atoms with van der Waals surface area (Å²) in [6.07, 6.45) is 1.43. The summed E-state index contributed by atoms with van der Waals surface area (Å²) in [7, 11) is 2.99. The van der Waals surface area contributed by atoms with Crippen LogP contribution in [0.4, 0.5) is 11.6 Å². The van der Waals surface area contributed by atoms with Gasteiger partial charge in [0.1, 0.15) is 30.5 Å². The van der Waals surface area contributed by atoms with Crippen molar-refractivity contribution in [3.63, 3.8) is 0 Å². The second kappa shape index (κ2) is 12.6. The molecule has 0 saturated heterocycles. The van der Waals surface area contributed by atoms with Gasteiger partial charge in [0, 0.05) is 28.4 Å². The zero-order valence-corrected chi connectivity index (χ0v) is 24.9. The molecule has 4 aromatic rings. The van der Waals surface area contributed by atoms with Gasteiger partial charge in [-0.15, -0.1) is 0 Å². The van der Waals surface area contributed by atoms with Gasteiger partial charge in [-0.1, -0.05) is 47.5 Å². The van der Waals surface area contributed by atoms with Crippen LogP contribution in [0.25, 0.3) is 0 Å². The minimum Gasteiger partial charge on any atom is -0.495 e. The topological polar surface area (TPSA) is 109 Å². The Hall–Kier alpha value is -4.41. The van der Waals surface area contributed by atoms with Gasteiger partial charge >= 0.3 is 0 Å². The second-order valence-corrected chi connectivity index (χ2v) is 10.1. The molecular formula is C30H29Cl2N5O5. The molecule has 12 heteroatoms. The lowest BCUT2D eigenvalue weighted by Gasteiger charge is -2.29. The summed E-state index contributed by atoms with van der Waals surface area (Å²) in [5, 5.41) is 11.5. The highest BCUT2D eigenvalue weighted by atomic mass is 35.5. The summed E-state index contributed by atoms with van der Waals surface area (Å²) in [5.41, 5.74) is 3.00. The lowest BCUT2D eigenvalue weighted by molar-refractivity contribution is -0.113. The van der Waals surface area contributed by atoms with Crippen molar-refractivity contribution < 1.29 is 23.7 Å². The number of hydrogen-bond donors (Lipinski definition) is 2. The zero-order chi connectivity index (χ0) is 29.8. The van der Waals surface area contributed by atoms with Gasteiger partial charge in [-0.25, -0.2) is 4.68 Å². The number of fused-ring (bicyclic) bond motifs is 1. The molecule has 0 saturated carbocycles. The fourth-order valence-electron chi connectivity index (χ4n) is 4.69. The predicted molar refractivity (Wildman–Crippen MR) is 161 cm³/mol. The number of amides is 1. The second-order valence-electron chi connectivity index (χ2n) is 9.25. The third kappa shape index (κ3) is 5.81. The first-order valence-corrected chi connectivity index (χ1v) is 13.8. The van der Waals surface area contributed by atoms with Crippen molar-refractivity contribution in [3.8, 4) is 23.0 Å². The van der Waals surface area contributed by atoms with E-state index in [0.29, 0.717) is 62.6 Å². The fourth-order valence-corrected chi connectivity index (χ4v) is 5.12. The minimum atomic E-state index is -0.638. The average molecular weight is 610 g/mol. The number of halogens is 2. The predicted octanol–water partition coefficient (Wildman–Crippen LogP) is 6.51. The third-order valence-electron chi connectivity index (χ3n) is 6.69. The van der Waals surface area contributed by atoms with E-state index in [1.807, 2.05) is 56.3 Å². The normalized spacial score (nSPS) is 14.1. The molecule has 3 aromatic carbocycles. The Labute approximate surface area is 253 Å². The third-order valence-corrected chi connectivity index (χ3v) is 7.35. The molecule has 1 aliphatic rings. The maximum absolute atomic E-state index is 13.9. The van der Waals surface area contributed by atoms with Crippen LogP contribution in [0, 0.1) is 0 Å². The Kier molecular flexibility index (Phi) is 8.75. The van der Waals surface area contributed by atoms with Gasteiger partial charge in [0.25, 0.3) is 5.91 Å². The molecule has 0 unspecified atom stereocenters. The first-order valence-electron chi connectivity index (χ1n) is 13.1. The van der Waals surface area contributed by atoms with Gasteiger partial charge < -0.3 is 29.6 Å². The Balaban J connectivity index is 1.51. The van der Waals surface area contributed by atoms with Gasteiger partial charge in [0.2, 0.25) is 5.95 Å². The summed E-state index contributed by atoms with van der Waals surface area (Å²) < 4.78 is 24.5. The summed E-state index contributed by atoms with van der Waals surface area (Å²) in [6, 6.07) is 15.6. The Morgan fingerprint density at radius 3 is 2.50 bits per heavy atom. The van der Waals surface area contributed by atoms with Crippen molar-refractivity contribution in [1.82, 2.24) is 14.8 Å². The summed E-state index contributed by atoms with van der Waals surface area (Å²) >= 11 is 12.6. The van der Waals surface area contributed by atoms with Crippen LogP contribution in [0.2, 0.25) is 10.0 Å². The highest BCUT2D eigenvalue weighted by molar-refractivity contribution is 6.32.